The molecule has 3 heteroatoms. The van der Waals surface area contributed by atoms with E-state index >= 15 is 0 Å². The number of hydrogen-bond donors (Lipinski definition) is 1. The van der Waals surface area contributed by atoms with Crippen molar-refractivity contribution in [3.63, 3.8) is 0 Å². The molecule has 2 rings (SSSR count). The lowest BCUT2D eigenvalue weighted by Gasteiger charge is -2.37. The fourth-order valence-corrected chi connectivity index (χ4v) is 5.18. The van der Waals surface area contributed by atoms with Gasteiger partial charge in [0.25, 0.3) is 0 Å². The van der Waals surface area contributed by atoms with Crippen molar-refractivity contribution in [1.82, 2.24) is 5.32 Å². The van der Waals surface area contributed by atoms with E-state index in [1.807, 2.05) is 0 Å². The maximum atomic E-state index is 12.7. The van der Waals surface area contributed by atoms with Crippen LogP contribution in [0.3, 0.4) is 0 Å². The van der Waals surface area contributed by atoms with Gasteiger partial charge in [-0.3, -0.25) is 4.21 Å². The molecule has 1 aromatic rings. The average Bonchev–Trinajstić information content (AvgIpc) is 2.41. The van der Waals surface area contributed by atoms with Gasteiger partial charge in [-0.05, 0) is 35.9 Å². The first-order valence-electron chi connectivity index (χ1n) is 7.74. The molecule has 0 heterocycles. The molecule has 1 aromatic carbocycles. The maximum absolute atomic E-state index is 12.7. The van der Waals surface area contributed by atoms with Gasteiger partial charge in [0.05, 0.1) is 5.25 Å². The molecule has 0 bridgehead atoms. The first kappa shape index (κ1) is 15.7. The highest BCUT2D eigenvalue weighted by Gasteiger charge is 2.35. The minimum Gasteiger partial charge on any atom is -0.309 e. The van der Waals surface area contributed by atoms with Crippen molar-refractivity contribution >= 4 is 10.8 Å². The molecule has 1 aliphatic carbocycles. The van der Waals surface area contributed by atoms with Crippen molar-refractivity contribution in [2.75, 3.05) is 12.3 Å². The zero-order valence-electron chi connectivity index (χ0n) is 13.1. The molecule has 1 aliphatic rings. The van der Waals surface area contributed by atoms with E-state index in [9.17, 15) is 4.21 Å². The molecule has 0 fully saturated rings. The van der Waals surface area contributed by atoms with Crippen molar-refractivity contribution < 1.29 is 4.21 Å². The van der Waals surface area contributed by atoms with Gasteiger partial charge in [0.2, 0.25) is 0 Å². The second kappa shape index (κ2) is 6.86. The summed E-state index contributed by atoms with van der Waals surface area (Å²) in [5.74, 6) is 1.80. The van der Waals surface area contributed by atoms with Crippen molar-refractivity contribution in [2.45, 2.75) is 51.3 Å². The average molecular weight is 293 g/mol. The van der Waals surface area contributed by atoms with Crippen LogP contribution >= 0.6 is 0 Å². The standard InChI is InChI=1S/C17H27NOS/c1-5-18-17-15-9-7-6-8-14(15)13(4)10-16(17)20(19)11-12(2)3/h6-9,12-13,16-18H,5,10-11H2,1-4H3. The van der Waals surface area contributed by atoms with Gasteiger partial charge in [-0.25, -0.2) is 0 Å². The van der Waals surface area contributed by atoms with Crippen molar-refractivity contribution in [1.29, 1.82) is 0 Å². The molecule has 0 radical (unpaired) electrons. The van der Waals surface area contributed by atoms with Crippen LogP contribution in [-0.2, 0) is 10.8 Å². The van der Waals surface area contributed by atoms with Crippen molar-refractivity contribution in [3.05, 3.63) is 35.4 Å². The molecular formula is C17H27NOS. The lowest BCUT2D eigenvalue weighted by molar-refractivity contribution is 0.443. The van der Waals surface area contributed by atoms with Gasteiger partial charge in [0.15, 0.2) is 0 Å². The Balaban J connectivity index is 2.32. The zero-order valence-corrected chi connectivity index (χ0v) is 13.9. The van der Waals surface area contributed by atoms with E-state index in [0.29, 0.717) is 11.8 Å². The Morgan fingerprint density at radius 2 is 1.95 bits per heavy atom. The number of nitrogens with one attached hydrogen (secondary N) is 1. The second-order valence-corrected chi connectivity index (χ2v) is 7.98. The fraction of sp³-hybridized carbons (Fsp3) is 0.647. The molecule has 112 valence electrons. The molecule has 0 saturated heterocycles. The van der Waals surface area contributed by atoms with Gasteiger partial charge in [-0.1, -0.05) is 52.0 Å². The second-order valence-electron chi connectivity index (χ2n) is 6.28. The topological polar surface area (TPSA) is 29.1 Å². The van der Waals surface area contributed by atoms with Crippen LogP contribution in [0.25, 0.3) is 0 Å². The summed E-state index contributed by atoms with van der Waals surface area (Å²) >= 11 is 0. The smallest absolute Gasteiger partial charge is 0.0548 e. The third kappa shape index (κ3) is 3.32. The summed E-state index contributed by atoms with van der Waals surface area (Å²) in [6, 6.07) is 8.89. The zero-order chi connectivity index (χ0) is 14.7. The number of hydrogen-bond acceptors (Lipinski definition) is 2. The Kier molecular flexibility index (Phi) is 5.39. The minimum atomic E-state index is -0.759. The third-order valence-corrected chi connectivity index (χ3v) is 6.21. The van der Waals surface area contributed by atoms with Gasteiger partial charge in [-0.2, -0.15) is 0 Å². The van der Waals surface area contributed by atoms with Crippen LogP contribution in [0.15, 0.2) is 24.3 Å². The summed E-state index contributed by atoms with van der Waals surface area (Å²) in [6.45, 7) is 9.62. The Bertz CT molecular complexity index is 472. The molecule has 1 N–H and O–H groups in total. The third-order valence-electron chi connectivity index (χ3n) is 4.08. The summed E-state index contributed by atoms with van der Waals surface area (Å²) < 4.78 is 12.7. The Labute approximate surface area is 125 Å². The summed E-state index contributed by atoms with van der Waals surface area (Å²) in [5, 5.41) is 3.81. The van der Waals surface area contributed by atoms with Crippen LogP contribution in [0.5, 0.6) is 0 Å². The molecular weight excluding hydrogens is 266 g/mol. The number of rotatable bonds is 5. The van der Waals surface area contributed by atoms with Crippen molar-refractivity contribution in [2.24, 2.45) is 5.92 Å². The molecule has 0 saturated carbocycles. The summed E-state index contributed by atoms with van der Waals surface area (Å²) in [5.41, 5.74) is 2.78. The predicted molar refractivity (Wildman–Crippen MR) is 87.5 cm³/mol. The van der Waals surface area contributed by atoms with E-state index in [1.165, 1.54) is 11.1 Å². The highest BCUT2D eigenvalue weighted by molar-refractivity contribution is 7.85. The van der Waals surface area contributed by atoms with E-state index in [-0.39, 0.29) is 11.3 Å². The number of benzene rings is 1. The van der Waals surface area contributed by atoms with E-state index in [1.54, 1.807) is 0 Å². The molecule has 20 heavy (non-hydrogen) atoms. The van der Waals surface area contributed by atoms with Crippen LogP contribution in [0.1, 0.15) is 57.2 Å². The summed E-state index contributed by atoms with van der Waals surface area (Å²) in [7, 11) is -0.759. The largest absolute Gasteiger partial charge is 0.309 e. The molecule has 2 nitrogen and oxygen atoms in total. The van der Waals surface area contributed by atoms with Crippen LogP contribution in [-0.4, -0.2) is 21.8 Å². The van der Waals surface area contributed by atoms with Gasteiger partial charge >= 0.3 is 0 Å². The summed E-state index contributed by atoms with van der Waals surface area (Å²) in [6.07, 6.45) is 1.02. The first-order chi connectivity index (χ1) is 9.54. The predicted octanol–water partition coefficient (Wildman–Crippen LogP) is 3.62. The van der Waals surface area contributed by atoms with Crippen LogP contribution < -0.4 is 5.32 Å². The highest BCUT2D eigenvalue weighted by atomic mass is 32.2. The van der Waals surface area contributed by atoms with Gasteiger partial charge in [-0.15, -0.1) is 0 Å². The van der Waals surface area contributed by atoms with Gasteiger partial charge < -0.3 is 5.32 Å². The summed E-state index contributed by atoms with van der Waals surface area (Å²) in [4.78, 5) is 0. The fourth-order valence-electron chi connectivity index (χ4n) is 3.23. The normalized spacial score (nSPS) is 27.4. The molecule has 0 aromatic heterocycles. The maximum Gasteiger partial charge on any atom is 0.0548 e. The van der Waals surface area contributed by atoms with Crippen LogP contribution in [0.2, 0.25) is 0 Å². The van der Waals surface area contributed by atoms with Gasteiger partial charge in [0.1, 0.15) is 0 Å². The van der Waals surface area contributed by atoms with E-state index < -0.39 is 10.8 Å². The SMILES string of the molecule is CCNC1c2ccccc2C(C)CC1S(=O)CC(C)C. The Morgan fingerprint density at radius 3 is 2.55 bits per heavy atom. The lowest BCUT2D eigenvalue weighted by Crippen LogP contribution is -2.40. The minimum absolute atomic E-state index is 0.238. The highest BCUT2D eigenvalue weighted by Crippen LogP contribution is 2.39. The Morgan fingerprint density at radius 1 is 1.30 bits per heavy atom. The first-order valence-corrected chi connectivity index (χ1v) is 9.12. The van der Waals surface area contributed by atoms with E-state index in [2.05, 4.69) is 57.3 Å². The Hall–Kier alpha value is -0.670. The lowest BCUT2D eigenvalue weighted by atomic mass is 9.80. The van der Waals surface area contributed by atoms with Crippen LogP contribution in [0.4, 0.5) is 0 Å². The van der Waals surface area contributed by atoms with Crippen molar-refractivity contribution in [3.8, 4) is 0 Å². The molecule has 0 amide bonds. The van der Waals surface area contributed by atoms with Gasteiger partial charge in [0, 0.05) is 22.6 Å². The molecule has 0 aliphatic heterocycles. The van der Waals surface area contributed by atoms with Crippen LogP contribution in [0, 0.1) is 5.92 Å². The van der Waals surface area contributed by atoms with E-state index in [0.717, 1.165) is 18.7 Å². The monoisotopic (exact) mass is 293 g/mol. The molecule has 4 atom stereocenters. The number of fused-ring (bicyclic) bond motifs is 1. The molecule has 0 spiro atoms. The molecule has 4 unspecified atom stereocenters. The van der Waals surface area contributed by atoms with E-state index in [4.69, 9.17) is 0 Å². The quantitative estimate of drug-likeness (QED) is 0.898.